The quantitative estimate of drug-likeness (QED) is 0.433. The summed E-state index contributed by atoms with van der Waals surface area (Å²) >= 11 is 3.27. The van der Waals surface area contributed by atoms with Gasteiger partial charge in [-0.2, -0.15) is 0 Å². The summed E-state index contributed by atoms with van der Waals surface area (Å²) in [7, 11) is 0. The van der Waals surface area contributed by atoms with Crippen LogP contribution in [-0.4, -0.2) is 11.4 Å². The zero-order valence-electron chi connectivity index (χ0n) is 7.07. The van der Waals surface area contributed by atoms with Crippen LogP contribution in [0.4, 0.5) is 5.69 Å². The van der Waals surface area contributed by atoms with E-state index in [0.717, 1.165) is 15.0 Å². The first-order chi connectivity index (χ1) is 6.24. The van der Waals surface area contributed by atoms with Crippen LogP contribution in [0.3, 0.4) is 0 Å². The van der Waals surface area contributed by atoms with E-state index < -0.39 is 0 Å². The lowest BCUT2D eigenvalue weighted by atomic mass is 10.2. The molecule has 1 heterocycles. The molecule has 4 heteroatoms. The zero-order valence-corrected chi connectivity index (χ0v) is 8.71. The predicted molar refractivity (Wildman–Crippen MR) is 59.7 cm³/mol. The van der Waals surface area contributed by atoms with Crippen LogP contribution in [0.15, 0.2) is 22.4 Å². The van der Waals surface area contributed by atoms with E-state index in [0.29, 0.717) is 5.69 Å². The van der Waals surface area contributed by atoms with E-state index in [1.54, 1.807) is 29.2 Å². The molecule has 0 aliphatic rings. The van der Waals surface area contributed by atoms with Crippen LogP contribution in [0.1, 0.15) is 0 Å². The minimum absolute atomic E-state index is 0.176. The highest BCUT2D eigenvalue weighted by atomic mass is 32.2. The SMILES string of the molecule is CSc1cc(O)c(N)c2ccsc12. The van der Waals surface area contributed by atoms with Gasteiger partial charge in [-0.1, -0.05) is 0 Å². The van der Waals surface area contributed by atoms with Crippen molar-refractivity contribution >= 4 is 38.9 Å². The average Bonchev–Trinajstić information content (AvgIpc) is 2.60. The van der Waals surface area contributed by atoms with Gasteiger partial charge in [0.05, 0.1) is 10.4 Å². The molecule has 1 aromatic heterocycles. The number of phenols is 1. The molecule has 0 aliphatic carbocycles. The van der Waals surface area contributed by atoms with Crippen LogP contribution in [0, 0.1) is 0 Å². The number of thioether (sulfide) groups is 1. The van der Waals surface area contributed by atoms with E-state index in [2.05, 4.69) is 0 Å². The normalized spacial score (nSPS) is 10.8. The molecule has 0 aliphatic heterocycles. The van der Waals surface area contributed by atoms with Gasteiger partial charge < -0.3 is 10.8 Å². The zero-order chi connectivity index (χ0) is 9.42. The molecule has 0 radical (unpaired) electrons. The molecule has 0 bridgehead atoms. The lowest BCUT2D eigenvalue weighted by Gasteiger charge is -2.04. The summed E-state index contributed by atoms with van der Waals surface area (Å²) in [5.41, 5.74) is 6.21. The van der Waals surface area contributed by atoms with Crippen molar-refractivity contribution in [3.05, 3.63) is 17.5 Å². The highest BCUT2D eigenvalue weighted by Gasteiger charge is 2.09. The first-order valence-corrected chi connectivity index (χ1v) is 5.87. The van der Waals surface area contributed by atoms with Crippen LogP contribution in [0.5, 0.6) is 5.75 Å². The Bertz CT molecular complexity index is 450. The Labute approximate surface area is 84.4 Å². The van der Waals surface area contributed by atoms with E-state index >= 15 is 0 Å². The fraction of sp³-hybridized carbons (Fsp3) is 0.111. The average molecular weight is 211 g/mol. The molecular weight excluding hydrogens is 202 g/mol. The van der Waals surface area contributed by atoms with E-state index in [9.17, 15) is 5.11 Å². The van der Waals surface area contributed by atoms with Crippen LogP contribution in [0.25, 0.3) is 10.1 Å². The van der Waals surface area contributed by atoms with Gasteiger partial charge in [0.15, 0.2) is 0 Å². The van der Waals surface area contributed by atoms with E-state index in [1.807, 2.05) is 17.7 Å². The van der Waals surface area contributed by atoms with Gasteiger partial charge in [-0.15, -0.1) is 23.1 Å². The molecule has 0 amide bonds. The van der Waals surface area contributed by atoms with Gasteiger partial charge in [-0.25, -0.2) is 0 Å². The molecule has 13 heavy (non-hydrogen) atoms. The van der Waals surface area contributed by atoms with Crippen molar-refractivity contribution in [1.82, 2.24) is 0 Å². The molecule has 68 valence electrons. The number of fused-ring (bicyclic) bond motifs is 1. The fourth-order valence-electron chi connectivity index (χ4n) is 1.27. The molecule has 2 rings (SSSR count). The van der Waals surface area contributed by atoms with Gasteiger partial charge in [0.1, 0.15) is 5.75 Å². The molecule has 0 saturated heterocycles. The van der Waals surface area contributed by atoms with E-state index in [4.69, 9.17) is 5.73 Å². The number of nitrogens with two attached hydrogens (primary N) is 1. The minimum atomic E-state index is 0.176. The molecule has 2 aromatic rings. The maximum absolute atomic E-state index is 9.51. The Balaban J connectivity index is 2.87. The summed E-state index contributed by atoms with van der Waals surface area (Å²) in [4.78, 5) is 1.08. The molecule has 1 aromatic carbocycles. The van der Waals surface area contributed by atoms with Gasteiger partial charge in [0.25, 0.3) is 0 Å². The lowest BCUT2D eigenvalue weighted by Crippen LogP contribution is -1.86. The lowest BCUT2D eigenvalue weighted by molar-refractivity contribution is 0.477. The number of thiophene rings is 1. The first kappa shape index (κ1) is 8.72. The number of hydrogen-bond acceptors (Lipinski definition) is 4. The standard InChI is InChI=1S/C9H9NOS2/c1-12-7-4-6(11)8(10)5-2-3-13-9(5)7/h2-4,11H,10H2,1H3. The largest absolute Gasteiger partial charge is 0.506 e. The number of hydrogen-bond donors (Lipinski definition) is 2. The van der Waals surface area contributed by atoms with Gasteiger partial charge >= 0.3 is 0 Å². The molecule has 0 unspecified atom stereocenters. The second-order valence-corrected chi connectivity index (χ2v) is 4.44. The molecule has 0 fully saturated rings. The third-order valence-electron chi connectivity index (χ3n) is 1.94. The Morgan fingerprint density at radius 1 is 1.54 bits per heavy atom. The molecular formula is C9H9NOS2. The van der Waals surface area contributed by atoms with Crippen LogP contribution >= 0.6 is 23.1 Å². The number of anilines is 1. The maximum atomic E-state index is 9.51. The van der Waals surface area contributed by atoms with E-state index in [1.165, 1.54) is 0 Å². The second kappa shape index (κ2) is 3.12. The van der Waals surface area contributed by atoms with Crippen molar-refractivity contribution in [2.45, 2.75) is 4.90 Å². The number of nitrogen functional groups attached to an aromatic ring is 1. The summed E-state index contributed by atoms with van der Waals surface area (Å²) in [5.74, 6) is 0.176. The predicted octanol–water partition coefficient (Wildman–Crippen LogP) is 2.91. The smallest absolute Gasteiger partial charge is 0.140 e. The van der Waals surface area contributed by atoms with Crippen molar-refractivity contribution in [1.29, 1.82) is 0 Å². The Kier molecular flexibility index (Phi) is 2.09. The molecule has 0 saturated carbocycles. The van der Waals surface area contributed by atoms with E-state index in [-0.39, 0.29) is 5.75 Å². The molecule has 0 spiro atoms. The molecule has 0 atom stereocenters. The van der Waals surface area contributed by atoms with Crippen molar-refractivity contribution in [3.8, 4) is 5.75 Å². The van der Waals surface area contributed by atoms with Crippen molar-refractivity contribution < 1.29 is 5.11 Å². The third-order valence-corrected chi connectivity index (χ3v) is 3.78. The summed E-state index contributed by atoms with van der Waals surface area (Å²) in [6.45, 7) is 0. The highest BCUT2D eigenvalue weighted by Crippen LogP contribution is 2.39. The number of rotatable bonds is 1. The fourth-order valence-corrected chi connectivity index (χ4v) is 3.01. The van der Waals surface area contributed by atoms with Gasteiger partial charge in [0.2, 0.25) is 0 Å². The minimum Gasteiger partial charge on any atom is -0.506 e. The van der Waals surface area contributed by atoms with Gasteiger partial charge in [-0.05, 0) is 23.8 Å². The van der Waals surface area contributed by atoms with Gasteiger partial charge in [-0.3, -0.25) is 0 Å². The number of benzene rings is 1. The third kappa shape index (κ3) is 1.26. The molecule has 3 N–H and O–H groups in total. The Hall–Kier alpha value is -0.870. The maximum Gasteiger partial charge on any atom is 0.140 e. The first-order valence-electron chi connectivity index (χ1n) is 3.76. The topological polar surface area (TPSA) is 46.2 Å². The second-order valence-electron chi connectivity index (χ2n) is 2.68. The number of phenolic OH excluding ortho intramolecular Hbond substituents is 1. The molecule has 2 nitrogen and oxygen atoms in total. The summed E-state index contributed by atoms with van der Waals surface area (Å²) in [6.07, 6.45) is 1.99. The van der Waals surface area contributed by atoms with Crippen molar-refractivity contribution in [2.75, 3.05) is 12.0 Å². The highest BCUT2D eigenvalue weighted by molar-refractivity contribution is 7.99. The van der Waals surface area contributed by atoms with Crippen LogP contribution in [-0.2, 0) is 0 Å². The summed E-state index contributed by atoms with van der Waals surface area (Å²) < 4.78 is 1.16. The van der Waals surface area contributed by atoms with Gasteiger partial charge in [0, 0.05) is 10.3 Å². The van der Waals surface area contributed by atoms with Crippen LogP contribution < -0.4 is 5.73 Å². The van der Waals surface area contributed by atoms with Crippen LogP contribution in [0.2, 0.25) is 0 Å². The number of aromatic hydroxyl groups is 1. The Morgan fingerprint density at radius 2 is 2.31 bits per heavy atom. The summed E-state index contributed by atoms with van der Waals surface area (Å²) in [5, 5.41) is 12.5. The monoisotopic (exact) mass is 211 g/mol. The van der Waals surface area contributed by atoms with Crippen molar-refractivity contribution in [2.24, 2.45) is 0 Å². The summed E-state index contributed by atoms with van der Waals surface area (Å²) in [6, 6.07) is 3.66. The Morgan fingerprint density at radius 3 is 3.00 bits per heavy atom. The van der Waals surface area contributed by atoms with Crippen molar-refractivity contribution in [3.63, 3.8) is 0 Å².